The lowest BCUT2D eigenvalue weighted by atomic mass is 9.97. The van der Waals surface area contributed by atoms with Crippen LogP contribution < -0.4 is 0 Å². The molecule has 2 heterocycles. The summed E-state index contributed by atoms with van der Waals surface area (Å²) in [6, 6.07) is 4.22. The highest BCUT2D eigenvalue weighted by Crippen LogP contribution is 2.45. The number of ketones is 1. The summed E-state index contributed by atoms with van der Waals surface area (Å²) in [5.41, 5.74) is 0.0258. The molecule has 2 fully saturated rings. The van der Waals surface area contributed by atoms with Gasteiger partial charge in [0, 0.05) is 6.21 Å². The number of carbonyl (C=O) groups is 3. The minimum absolute atomic E-state index is 0.0258. The average Bonchev–Trinajstić information content (AvgIpc) is 2.70. The Bertz CT molecular complexity index is 940. The topological polar surface area (TPSA) is 141 Å². The fourth-order valence-electron chi connectivity index (χ4n) is 3.31. The van der Waals surface area contributed by atoms with Crippen molar-refractivity contribution in [3.63, 3.8) is 0 Å². The lowest BCUT2D eigenvalue weighted by Crippen LogP contribution is -2.57. The fourth-order valence-corrected chi connectivity index (χ4v) is 5.54. The van der Waals surface area contributed by atoms with Gasteiger partial charge in [-0.15, -0.1) is 0 Å². The van der Waals surface area contributed by atoms with E-state index in [9.17, 15) is 33.0 Å². The lowest BCUT2D eigenvalue weighted by Gasteiger charge is -2.35. The summed E-state index contributed by atoms with van der Waals surface area (Å²) in [5, 5.41) is 17.9. The molecule has 0 saturated carbocycles. The number of aliphatic imine (C=N–C) groups is 1. The van der Waals surface area contributed by atoms with Crippen molar-refractivity contribution < 1.29 is 33.0 Å². The van der Waals surface area contributed by atoms with Crippen LogP contribution in [0.15, 0.2) is 29.3 Å². The van der Waals surface area contributed by atoms with E-state index < -0.39 is 50.2 Å². The Morgan fingerprint density at radius 2 is 2.04 bits per heavy atom. The number of carbonyl (C=O) groups excluding carboxylic acids is 2. The van der Waals surface area contributed by atoms with E-state index in [-0.39, 0.29) is 17.7 Å². The molecule has 3 atom stereocenters. The van der Waals surface area contributed by atoms with E-state index in [1.807, 2.05) is 0 Å². The second-order valence-electron chi connectivity index (χ2n) is 6.34. The van der Waals surface area contributed by atoms with E-state index in [2.05, 4.69) is 4.99 Å². The SMILES string of the molecule is C[C@]1(C=NCC(=O)c2ccccc2O)[C@H](C(=O)O)N2C(=O)C[C@H]2S1(=O)=O. The minimum atomic E-state index is -4.01. The summed E-state index contributed by atoms with van der Waals surface area (Å²) in [5.74, 6) is -2.78. The number of sulfone groups is 1. The normalized spacial score (nSPS) is 29.4. The maximum atomic E-state index is 12.7. The number of benzene rings is 1. The third-order valence-electron chi connectivity index (χ3n) is 4.76. The van der Waals surface area contributed by atoms with Crippen molar-refractivity contribution in [1.29, 1.82) is 0 Å². The first-order valence-corrected chi connectivity index (χ1v) is 9.25. The molecule has 0 spiro atoms. The number of rotatable bonds is 5. The van der Waals surface area contributed by atoms with E-state index in [0.717, 1.165) is 11.1 Å². The van der Waals surface area contributed by atoms with Crippen molar-refractivity contribution in [3.05, 3.63) is 29.8 Å². The molecule has 10 heteroatoms. The number of nitrogens with zero attached hydrogens (tertiary/aromatic N) is 2. The average molecular weight is 380 g/mol. The first-order valence-electron chi connectivity index (χ1n) is 7.71. The van der Waals surface area contributed by atoms with Gasteiger partial charge in [0.25, 0.3) is 0 Å². The Kier molecular flexibility index (Phi) is 4.10. The lowest BCUT2D eigenvalue weighted by molar-refractivity contribution is -0.156. The van der Waals surface area contributed by atoms with Crippen molar-refractivity contribution >= 4 is 33.7 Å². The maximum Gasteiger partial charge on any atom is 0.328 e. The van der Waals surface area contributed by atoms with Crippen LogP contribution in [-0.4, -0.2) is 70.1 Å². The molecular weight excluding hydrogens is 364 g/mol. The Labute approximate surface area is 148 Å². The number of phenols is 1. The Hall–Kier alpha value is -2.75. The van der Waals surface area contributed by atoms with Crippen LogP contribution in [0.25, 0.3) is 0 Å². The van der Waals surface area contributed by atoms with E-state index >= 15 is 0 Å². The highest BCUT2D eigenvalue weighted by molar-refractivity contribution is 7.94. The summed E-state index contributed by atoms with van der Waals surface area (Å²) in [6.45, 7) is 0.717. The summed E-state index contributed by atoms with van der Waals surface area (Å²) in [4.78, 5) is 40.0. The minimum Gasteiger partial charge on any atom is -0.507 e. The van der Waals surface area contributed by atoms with Gasteiger partial charge in [-0.25, -0.2) is 13.2 Å². The molecule has 1 aromatic carbocycles. The standard InChI is InChI=1S/C16H16N2O7S/c1-16(8-17-7-11(20)9-4-2-3-5-10(9)19)14(15(22)23)18-12(21)6-13(18)26(16,24)25/h2-5,8,13-14,19H,6-7H2,1H3,(H,22,23)/t13-,14+,16+/m1/s1. The maximum absolute atomic E-state index is 12.7. The predicted octanol–water partition coefficient (Wildman–Crippen LogP) is -0.156. The highest BCUT2D eigenvalue weighted by Gasteiger charge is 2.69. The van der Waals surface area contributed by atoms with Crippen LogP contribution >= 0.6 is 0 Å². The Morgan fingerprint density at radius 3 is 2.62 bits per heavy atom. The van der Waals surface area contributed by atoms with Gasteiger partial charge in [-0.1, -0.05) is 12.1 Å². The van der Waals surface area contributed by atoms with Gasteiger partial charge >= 0.3 is 5.97 Å². The summed E-state index contributed by atoms with van der Waals surface area (Å²) in [6.07, 6.45) is 0.664. The van der Waals surface area contributed by atoms with E-state index in [0.29, 0.717) is 0 Å². The van der Waals surface area contributed by atoms with E-state index in [1.165, 1.54) is 19.1 Å². The van der Waals surface area contributed by atoms with Crippen molar-refractivity contribution in [2.24, 2.45) is 4.99 Å². The van der Waals surface area contributed by atoms with Gasteiger partial charge in [0.1, 0.15) is 22.4 Å². The number of aromatic hydroxyl groups is 1. The summed E-state index contributed by atoms with van der Waals surface area (Å²) >= 11 is 0. The Balaban J connectivity index is 1.88. The van der Waals surface area contributed by atoms with Gasteiger partial charge in [-0.2, -0.15) is 0 Å². The smallest absolute Gasteiger partial charge is 0.328 e. The van der Waals surface area contributed by atoms with E-state index in [1.54, 1.807) is 12.1 Å². The third kappa shape index (κ3) is 2.40. The molecular formula is C16H16N2O7S. The van der Waals surface area contributed by atoms with Crippen molar-refractivity contribution in [3.8, 4) is 5.75 Å². The number of hydrogen-bond acceptors (Lipinski definition) is 7. The molecule has 0 aromatic heterocycles. The van der Waals surface area contributed by atoms with Gasteiger partial charge < -0.3 is 15.1 Å². The predicted molar refractivity (Wildman–Crippen MR) is 89.8 cm³/mol. The zero-order valence-corrected chi connectivity index (χ0v) is 14.5. The van der Waals surface area contributed by atoms with E-state index in [4.69, 9.17) is 0 Å². The van der Waals surface area contributed by atoms with Gasteiger partial charge in [0.05, 0.1) is 12.0 Å². The van der Waals surface area contributed by atoms with Crippen LogP contribution in [0.2, 0.25) is 0 Å². The zero-order chi connectivity index (χ0) is 19.3. The molecule has 2 aliphatic heterocycles. The molecule has 26 heavy (non-hydrogen) atoms. The van der Waals surface area contributed by atoms with Crippen molar-refractivity contribution in [1.82, 2.24) is 4.90 Å². The number of fused-ring (bicyclic) bond motifs is 1. The van der Waals surface area contributed by atoms with Crippen LogP contribution in [0.3, 0.4) is 0 Å². The fraction of sp³-hybridized carbons (Fsp3) is 0.375. The van der Waals surface area contributed by atoms with Crippen LogP contribution in [-0.2, 0) is 19.4 Å². The first kappa shape index (κ1) is 18.1. The molecule has 0 radical (unpaired) electrons. The molecule has 9 nitrogen and oxygen atoms in total. The third-order valence-corrected chi connectivity index (χ3v) is 7.43. The number of para-hydroxylation sites is 1. The molecule has 2 aliphatic rings. The van der Waals surface area contributed by atoms with Gasteiger partial charge in [0.15, 0.2) is 21.7 Å². The molecule has 3 rings (SSSR count). The monoisotopic (exact) mass is 380 g/mol. The molecule has 138 valence electrons. The molecule has 1 aromatic rings. The molecule has 2 saturated heterocycles. The molecule has 0 bridgehead atoms. The van der Waals surface area contributed by atoms with Crippen LogP contribution in [0, 0.1) is 0 Å². The summed E-state index contributed by atoms with van der Waals surface area (Å²) < 4.78 is 23.4. The number of hydrogen-bond donors (Lipinski definition) is 2. The molecule has 1 amide bonds. The van der Waals surface area contributed by atoms with Crippen LogP contribution in [0.4, 0.5) is 0 Å². The number of amides is 1. The molecule has 0 unspecified atom stereocenters. The van der Waals surface area contributed by atoms with Gasteiger partial charge in [-0.3, -0.25) is 14.6 Å². The zero-order valence-electron chi connectivity index (χ0n) is 13.7. The van der Waals surface area contributed by atoms with Crippen molar-refractivity contribution in [2.75, 3.05) is 6.54 Å². The quantitative estimate of drug-likeness (QED) is 0.411. The van der Waals surface area contributed by atoms with Gasteiger partial charge in [-0.05, 0) is 19.1 Å². The number of β-lactam (4-membered cyclic amide) rings is 1. The largest absolute Gasteiger partial charge is 0.507 e. The van der Waals surface area contributed by atoms with Crippen LogP contribution in [0.5, 0.6) is 5.75 Å². The second kappa shape index (κ2) is 5.90. The van der Waals surface area contributed by atoms with Gasteiger partial charge in [0.2, 0.25) is 5.91 Å². The number of carboxylic acid groups (broad SMARTS) is 1. The number of Topliss-reactive ketones (excluding diaryl/α,β-unsaturated/α-hetero) is 1. The molecule has 2 N–H and O–H groups in total. The first-order chi connectivity index (χ1) is 12.1. The number of aliphatic carboxylic acids is 1. The second-order valence-corrected chi connectivity index (χ2v) is 8.85. The highest BCUT2D eigenvalue weighted by atomic mass is 32.2. The Morgan fingerprint density at radius 1 is 1.38 bits per heavy atom. The molecule has 0 aliphatic carbocycles. The van der Waals surface area contributed by atoms with Crippen LogP contribution in [0.1, 0.15) is 23.7 Å². The van der Waals surface area contributed by atoms with Crippen molar-refractivity contribution in [2.45, 2.75) is 29.5 Å². The number of carboxylic acids is 1. The number of phenolic OH excluding ortho intramolecular Hbond substituents is 1. The summed E-state index contributed by atoms with van der Waals surface area (Å²) in [7, 11) is -4.01.